The molecular formula is C19H23N3O2. The van der Waals surface area contributed by atoms with Crippen LogP contribution in [0.1, 0.15) is 36.8 Å². The Hall–Kier alpha value is -1.88. The number of rotatable bonds is 0. The molecule has 0 radical (unpaired) electrons. The number of hydrogen-bond acceptors (Lipinski definition) is 3. The molecule has 1 aromatic carbocycles. The van der Waals surface area contributed by atoms with Crippen LogP contribution in [0.15, 0.2) is 24.3 Å². The molecule has 1 aromatic rings. The summed E-state index contributed by atoms with van der Waals surface area (Å²) in [6.45, 7) is 0.991. The van der Waals surface area contributed by atoms with E-state index in [1.165, 1.54) is 11.1 Å². The number of hydrogen-bond donors (Lipinski definition) is 2. The number of nitrogens with one attached hydrogen (secondary N) is 2. The summed E-state index contributed by atoms with van der Waals surface area (Å²) in [6.07, 6.45) is 4.65. The van der Waals surface area contributed by atoms with Crippen molar-refractivity contribution in [3.63, 3.8) is 0 Å². The number of amides is 3. The fourth-order valence-electron chi connectivity index (χ4n) is 6.08. The smallest absolute Gasteiger partial charge is 0.313 e. The molecule has 2 saturated heterocycles. The highest BCUT2D eigenvalue weighted by Crippen LogP contribution is 2.57. The van der Waals surface area contributed by atoms with Crippen LogP contribution < -0.4 is 10.6 Å². The molecule has 2 aliphatic heterocycles. The van der Waals surface area contributed by atoms with Crippen LogP contribution in [0.4, 0.5) is 4.79 Å². The number of benzene rings is 1. The second-order valence-electron chi connectivity index (χ2n) is 8.00. The van der Waals surface area contributed by atoms with E-state index in [9.17, 15) is 9.59 Å². The molecule has 1 saturated carbocycles. The largest absolute Gasteiger partial charge is 0.324 e. The van der Waals surface area contributed by atoms with Crippen molar-refractivity contribution < 1.29 is 9.59 Å². The summed E-state index contributed by atoms with van der Waals surface area (Å²) in [6, 6.07) is 8.98. The van der Waals surface area contributed by atoms with Gasteiger partial charge in [0.1, 0.15) is 5.54 Å². The minimum Gasteiger partial charge on any atom is -0.313 e. The highest BCUT2D eigenvalue weighted by Gasteiger charge is 2.63. The topological polar surface area (TPSA) is 61.4 Å². The maximum Gasteiger partial charge on any atom is 0.324 e. The summed E-state index contributed by atoms with van der Waals surface area (Å²) >= 11 is 0. The third-order valence-electron chi connectivity index (χ3n) is 7.23. The lowest BCUT2D eigenvalue weighted by molar-refractivity contribution is -0.131. The minimum atomic E-state index is -0.667. The SMILES string of the molecule is CN1C(=O)NC(=O)C12CCC1C3Cc4ccccc4C1(CCN3)C2. The molecule has 5 nitrogen and oxygen atoms in total. The first-order valence-corrected chi connectivity index (χ1v) is 8.98. The van der Waals surface area contributed by atoms with Gasteiger partial charge in [0.25, 0.3) is 5.91 Å². The first-order valence-electron chi connectivity index (χ1n) is 8.98. The van der Waals surface area contributed by atoms with E-state index in [0.717, 1.165) is 38.6 Å². The number of imide groups is 1. The molecular weight excluding hydrogens is 302 g/mol. The van der Waals surface area contributed by atoms with E-state index in [1.54, 1.807) is 11.9 Å². The molecule has 4 atom stereocenters. The molecule has 126 valence electrons. The third-order valence-corrected chi connectivity index (χ3v) is 7.23. The zero-order valence-electron chi connectivity index (χ0n) is 14.0. The zero-order valence-corrected chi connectivity index (χ0v) is 14.0. The molecule has 1 spiro atoms. The summed E-state index contributed by atoms with van der Waals surface area (Å²) in [4.78, 5) is 26.5. The second kappa shape index (κ2) is 4.60. The van der Waals surface area contributed by atoms with Crippen molar-refractivity contribution >= 4 is 11.9 Å². The van der Waals surface area contributed by atoms with Crippen LogP contribution in [0.5, 0.6) is 0 Å². The molecule has 4 aliphatic rings. The summed E-state index contributed by atoms with van der Waals surface area (Å²) < 4.78 is 0. The molecule has 0 aromatic heterocycles. The molecule has 2 heterocycles. The van der Waals surface area contributed by atoms with Gasteiger partial charge in [-0.05, 0) is 55.7 Å². The monoisotopic (exact) mass is 325 g/mol. The van der Waals surface area contributed by atoms with Crippen LogP contribution in [-0.4, -0.2) is 42.0 Å². The summed E-state index contributed by atoms with van der Waals surface area (Å²) in [7, 11) is 1.78. The van der Waals surface area contributed by atoms with Crippen molar-refractivity contribution in [2.24, 2.45) is 5.92 Å². The number of likely N-dealkylation sites (N-methyl/N-ethyl adjacent to an activating group) is 1. The van der Waals surface area contributed by atoms with Gasteiger partial charge in [0.15, 0.2) is 0 Å². The number of piperidine rings is 1. The van der Waals surface area contributed by atoms with E-state index in [0.29, 0.717) is 12.0 Å². The second-order valence-corrected chi connectivity index (χ2v) is 8.00. The maximum atomic E-state index is 12.7. The van der Waals surface area contributed by atoms with Crippen molar-refractivity contribution in [3.05, 3.63) is 35.4 Å². The molecule has 3 amide bonds. The fourth-order valence-corrected chi connectivity index (χ4v) is 6.08. The predicted octanol–water partition coefficient (Wildman–Crippen LogP) is 1.56. The van der Waals surface area contributed by atoms with E-state index in [-0.39, 0.29) is 17.4 Å². The van der Waals surface area contributed by atoms with E-state index in [2.05, 4.69) is 34.9 Å². The van der Waals surface area contributed by atoms with Crippen LogP contribution >= 0.6 is 0 Å². The van der Waals surface area contributed by atoms with Crippen LogP contribution in [0.25, 0.3) is 0 Å². The molecule has 5 heteroatoms. The molecule has 2 aliphatic carbocycles. The first kappa shape index (κ1) is 14.5. The van der Waals surface area contributed by atoms with Crippen molar-refractivity contribution in [2.45, 2.75) is 49.1 Å². The first-order chi connectivity index (χ1) is 11.6. The maximum absolute atomic E-state index is 12.7. The summed E-state index contributed by atoms with van der Waals surface area (Å²) in [5.41, 5.74) is 2.18. The lowest BCUT2D eigenvalue weighted by Crippen LogP contribution is -2.66. The van der Waals surface area contributed by atoms with E-state index < -0.39 is 5.54 Å². The lowest BCUT2D eigenvalue weighted by Gasteiger charge is -2.59. The zero-order chi connectivity index (χ0) is 16.5. The van der Waals surface area contributed by atoms with Crippen molar-refractivity contribution in [1.82, 2.24) is 15.5 Å². The van der Waals surface area contributed by atoms with Crippen LogP contribution in [0.2, 0.25) is 0 Å². The normalized spacial score (nSPS) is 40.3. The Kier molecular flexibility index (Phi) is 2.77. The molecule has 4 unspecified atom stereocenters. The number of carbonyl (C=O) groups is 2. The predicted molar refractivity (Wildman–Crippen MR) is 89.6 cm³/mol. The highest BCUT2D eigenvalue weighted by molar-refractivity contribution is 6.07. The molecule has 24 heavy (non-hydrogen) atoms. The molecule has 2 bridgehead atoms. The van der Waals surface area contributed by atoms with Crippen LogP contribution in [0.3, 0.4) is 0 Å². The Morgan fingerprint density at radius 2 is 2.04 bits per heavy atom. The Labute approximate surface area is 141 Å². The molecule has 5 rings (SSSR count). The lowest BCUT2D eigenvalue weighted by atomic mass is 9.49. The number of carbonyl (C=O) groups excluding carboxylic acids is 2. The van der Waals surface area contributed by atoms with Crippen LogP contribution in [0, 0.1) is 5.92 Å². The highest BCUT2D eigenvalue weighted by atomic mass is 16.2. The Bertz CT molecular complexity index is 748. The van der Waals surface area contributed by atoms with Gasteiger partial charge >= 0.3 is 6.03 Å². The van der Waals surface area contributed by atoms with E-state index in [1.807, 2.05) is 0 Å². The Morgan fingerprint density at radius 3 is 2.83 bits per heavy atom. The average molecular weight is 325 g/mol. The van der Waals surface area contributed by atoms with Crippen LogP contribution in [-0.2, 0) is 16.6 Å². The Morgan fingerprint density at radius 1 is 1.21 bits per heavy atom. The van der Waals surface area contributed by atoms with Gasteiger partial charge in [0.05, 0.1) is 0 Å². The van der Waals surface area contributed by atoms with Gasteiger partial charge in [-0.2, -0.15) is 0 Å². The third kappa shape index (κ3) is 1.59. The Balaban J connectivity index is 1.67. The standard InChI is InChI=1S/C19H23N3O2/c1-22-17(24)21-16(23)19(22)7-6-14-15-10-12-4-2-3-5-13(12)18(14,11-19)8-9-20-15/h2-5,14-15,20H,6-11H2,1H3,(H,21,23,24). The number of fused-ring (bicyclic) bond motifs is 1. The minimum absolute atomic E-state index is 0.0131. The molecule has 3 fully saturated rings. The quantitative estimate of drug-likeness (QED) is 0.712. The average Bonchev–Trinajstić information content (AvgIpc) is 2.78. The van der Waals surface area contributed by atoms with Gasteiger partial charge in [0.2, 0.25) is 0 Å². The van der Waals surface area contributed by atoms with Gasteiger partial charge in [-0.3, -0.25) is 10.1 Å². The van der Waals surface area contributed by atoms with Crippen molar-refractivity contribution in [3.8, 4) is 0 Å². The van der Waals surface area contributed by atoms with E-state index in [4.69, 9.17) is 0 Å². The fraction of sp³-hybridized carbons (Fsp3) is 0.579. The van der Waals surface area contributed by atoms with Gasteiger partial charge in [0, 0.05) is 18.5 Å². The number of nitrogens with zero attached hydrogens (tertiary/aromatic N) is 1. The van der Waals surface area contributed by atoms with E-state index >= 15 is 0 Å². The van der Waals surface area contributed by atoms with Crippen molar-refractivity contribution in [2.75, 3.05) is 13.6 Å². The summed E-state index contributed by atoms with van der Waals surface area (Å²) in [5.74, 6) is 0.463. The molecule has 2 N–H and O–H groups in total. The van der Waals surface area contributed by atoms with Gasteiger partial charge in [-0.1, -0.05) is 24.3 Å². The van der Waals surface area contributed by atoms with Gasteiger partial charge < -0.3 is 10.2 Å². The van der Waals surface area contributed by atoms with Gasteiger partial charge in [-0.15, -0.1) is 0 Å². The summed E-state index contributed by atoms with van der Waals surface area (Å²) in [5, 5.41) is 6.26. The van der Waals surface area contributed by atoms with Crippen molar-refractivity contribution in [1.29, 1.82) is 0 Å². The van der Waals surface area contributed by atoms with Gasteiger partial charge in [-0.25, -0.2) is 4.79 Å². The number of urea groups is 1.